The number of hydrogen-bond acceptors (Lipinski definition) is 5. The quantitative estimate of drug-likeness (QED) is 0.851. The van der Waals surface area contributed by atoms with E-state index in [1.165, 1.54) is 0 Å². The molecule has 0 unspecified atom stereocenters. The molecule has 0 saturated heterocycles. The fraction of sp³-hybridized carbons (Fsp3) is 0.333. The second-order valence-electron chi connectivity index (χ2n) is 3.73. The third kappa shape index (κ3) is 2.49. The SMILES string of the molecule is CNc1nc(-c2ccoc2C)nc(COC)c1I. The Balaban J connectivity index is 2.55. The molecule has 6 heteroatoms. The van der Waals surface area contributed by atoms with Gasteiger partial charge >= 0.3 is 0 Å². The van der Waals surface area contributed by atoms with Gasteiger partial charge in [0.2, 0.25) is 0 Å². The van der Waals surface area contributed by atoms with Crippen LogP contribution in [0, 0.1) is 10.5 Å². The van der Waals surface area contributed by atoms with Gasteiger partial charge < -0.3 is 14.5 Å². The molecule has 18 heavy (non-hydrogen) atoms. The summed E-state index contributed by atoms with van der Waals surface area (Å²) >= 11 is 2.22. The minimum absolute atomic E-state index is 0.458. The van der Waals surface area contributed by atoms with Crippen LogP contribution < -0.4 is 5.32 Å². The van der Waals surface area contributed by atoms with E-state index in [2.05, 4.69) is 37.9 Å². The minimum atomic E-state index is 0.458. The highest BCUT2D eigenvalue weighted by Crippen LogP contribution is 2.26. The lowest BCUT2D eigenvalue weighted by atomic mass is 10.2. The summed E-state index contributed by atoms with van der Waals surface area (Å²) in [6.45, 7) is 2.35. The van der Waals surface area contributed by atoms with E-state index in [9.17, 15) is 0 Å². The fourth-order valence-corrected chi connectivity index (χ4v) is 2.30. The molecule has 0 aromatic carbocycles. The van der Waals surface area contributed by atoms with Crippen molar-refractivity contribution in [2.75, 3.05) is 19.5 Å². The Bertz CT molecular complexity index is 554. The number of anilines is 1. The lowest BCUT2D eigenvalue weighted by molar-refractivity contribution is 0.181. The van der Waals surface area contributed by atoms with Crippen molar-refractivity contribution in [2.24, 2.45) is 0 Å². The van der Waals surface area contributed by atoms with Gasteiger partial charge in [-0.1, -0.05) is 0 Å². The zero-order valence-corrected chi connectivity index (χ0v) is 12.6. The number of halogens is 1. The van der Waals surface area contributed by atoms with Crippen molar-refractivity contribution in [2.45, 2.75) is 13.5 Å². The number of methoxy groups -OCH3 is 1. The molecule has 2 aromatic rings. The van der Waals surface area contributed by atoms with Gasteiger partial charge in [0, 0.05) is 14.2 Å². The highest BCUT2D eigenvalue weighted by atomic mass is 127. The molecule has 0 bridgehead atoms. The Morgan fingerprint density at radius 1 is 1.44 bits per heavy atom. The number of aryl methyl sites for hydroxylation is 1. The molecule has 0 atom stereocenters. The van der Waals surface area contributed by atoms with Crippen molar-refractivity contribution < 1.29 is 9.15 Å². The number of ether oxygens (including phenoxy) is 1. The van der Waals surface area contributed by atoms with Crippen molar-refractivity contribution >= 4 is 28.4 Å². The molecule has 1 N–H and O–H groups in total. The van der Waals surface area contributed by atoms with Gasteiger partial charge in [0.1, 0.15) is 11.6 Å². The Labute approximate surface area is 119 Å². The molecule has 0 saturated carbocycles. The number of nitrogens with one attached hydrogen (secondary N) is 1. The summed E-state index contributed by atoms with van der Waals surface area (Å²) in [5.74, 6) is 2.26. The molecule has 0 radical (unpaired) electrons. The van der Waals surface area contributed by atoms with Crippen molar-refractivity contribution in [1.29, 1.82) is 0 Å². The first-order valence-electron chi connectivity index (χ1n) is 5.45. The smallest absolute Gasteiger partial charge is 0.165 e. The average Bonchev–Trinajstić information content (AvgIpc) is 2.78. The summed E-state index contributed by atoms with van der Waals surface area (Å²) in [6, 6.07) is 1.87. The maximum absolute atomic E-state index is 5.29. The predicted octanol–water partition coefficient (Wildman–Crippen LogP) is 2.84. The monoisotopic (exact) mass is 359 g/mol. The van der Waals surface area contributed by atoms with E-state index in [0.29, 0.717) is 12.4 Å². The minimum Gasteiger partial charge on any atom is -0.469 e. The lowest BCUT2D eigenvalue weighted by Gasteiger charge is -2.10. The Hall–Kier alpha value is -1.15. The number of rotatable bonds is 4. The van der Waals surface area contributed by atoms with E-state index in [-0.39, 0.29) is 0 Å². The topological polar surface area (TPSA) is 60.2 Å². The zero-order valence-electron chi connectivity index (χ0n) is 10.5. The third-order valence-electron chi connectivity index (χ3n) is 2.54. The van der Waals surface area contributed by atoms with E-state index in [1.54, 1.807) is 13.4 Å². The van der Waals surface area contributed by atoms with Crippen LogP contribution >= 0.6 is 22.6 Å². The van der Waals surface area contributed by atoms with Crippen molar-refractivity contribution in [3.63, 3.8) is 0 Å². The molecule has 96 valence electrons. The molecule has 5 nitrogen and oxygen atoms in total. The van der Waals surface area contributed by atoms with Crippen LogP contribution in [0.3, 0.4) is 0 Å². The largest absolute Gasteiger partial charge is 0.469 e. The first kappa shape index (κ1) is 13.3. The maximum Gasteiger partial charge on any atom is 0.165 e. The van der Waals surface area contributed by atoms with Crippen molar-refractivity contribution in [1.82, 2.24) is 9.97 Å². The molecule has 0 fully saturated rings. The number of furan rings is 1. The summed E-state index contributed by atoms with van der Waals surface area (Å²) in [5, 5.41) is 3.07. The second-order valence-corrected chi connectivity index (χ2v) is 4.81. The van der Waals surface area contributed by atoms with Crippen LogP contribution in [-0.2, 0) is 11.3 Å². The molecule has 0 aliphatic carbocycles. The average molecular weight is 359 g/mol. The predicted molar refractivity (Wildman–Crippen MR) is 77.4 cm³/mol. The summed E-state index contributed by atoms with van der Waals surface area (Å²) < 4.78 is 11.4. The van der Waals surface area contributed by atoms with Crippen molar-refractivity contribution in [3.8, 4) is 11.4 Å². The van der Waals surface area contributed by atoms with E-state index in [0.717, 1.165) is 26.4 Å². The molecule has 0 aliphatic heterocycles. The second kappa shape index (κ2) is 5.66. The van der Waals surface area contributed by atoms with Crippen LogP contribution in [0.4, 0.5) is 5.82 Å². The van der Waals surface area contributed by atoms with Crippen LogP contribution in [0.1, 0.15) is 11.5 Å². The van der Waals surface area contributed by atoms with E-state index >= 15 is 0 Å². The molecule has 2 heterocycles. The van der Waals surface area contributed by atoms with Crippen LogP contribution in [0.15, 0.2) is 16.7 Å². The van der Waals surface area contributed by atoms with Crippen LogP contribution in [0.25, 0.3) is 11.4 Å². The normalized spacial score (nSPS) is 10.7. The standard InChI is InChI=1S/C12H14IN3O2/c1-7-8(4-5-18-7)11-15-9(6-17-3)10(13)12(14-2)16-11/h4-5H,6H2,1-3H3,(H,14,15,16). The Morgan fingerprint density at radius 3 is 2.78 bits per heavy atom. The van der Waals surface area contributed by atoms with Gasteiger partial charge in [0.25, 0.3) is 0 Å². The van der Waals surface area contributed by atoms with Gasteiger partial charge in [0.05, 0.1) is 27.7 Å². The third-order valence-corrected chi connectivity index (χ3v) is 3.67. The molecular formula is C12H14IN3O2. The molecule has 0 aliphatic rings. The summed E-state index contributed by atoms with van der Waals surface area (Å²) in [7, 11) is 3.49. The van der Waals surface area contributed by atoms with Gasteiger partial charge in [-0.3, -0.25) is 0 Å². The fourth-order valence-electron chi connectivity index (χ4n) is 1.63. The van der Waals surface area contributed by atoms with Crippen LogP contribution in [0.2, 0.25) is 0 Å². The van der Waals surface area contributed by atoms with Gasteiger partial charge in [-0.15, -0.1) is 0 Å². The van der Waals surface area contributed by atoms with E-state index in [1.807, 2.05) is 20.0 Å². The van der Waals surface area contributed by atoms with Crippen LogP contribution in [0.5, 0.6) is 0 Å². The highest BCUT2D eigenvalue weighted by Gasteiger charge is 2.14. The molecule has 2 rings (SSSR count). The zero-order chi connectivity index (χ0) is 13.1. The maximum atomic E-state index is 5.29. The molecule has 2 aromatic heterocycles. The first-order valence-corrected chi connectivity index (χ1v) is 6.52. The number of nitrogens with zero attached hydrogens (tertiary/aromatic N) is 2. The Morgan fingerprint density at radius 2 is 2.22 bits per heavy atom. The highest BCUT2D eigenvalue weighted by molar-refractivity contribution is 14.1. The molecule has 0 spiro atoms. The van der Waals surface area contributed by atoms with Crippen molar-refractivity contribution in [3.05, 3.63) is 27.4 Å². The van der Waals surface area contributed by atoms with E-state index < -0.39 is 0 Å². The van der Waals surface area contributed by atoms with Crippen LogP contribution in [-0.4, -0.2) is 24.1 Å². The number of aromatic nitrogens is 2. The van der Waals surface area contributed by atoms with Gasteiger partial charge in [-0.2, -0.15) is 0 Å². The number of hydrogen-bond donors (Lipinski definition) is 1. The van der Waals surface area contributed by atoms with Gasteiger partial charge in [0.15, 0.2) is 5.82 Å². The summed E-state index contributed by atoms with van der Waals surface area (Å²) in [5.41, 5.74) is 1.77. The van der Waals surface area contributed by atoms with Gasteiger partial charge in [-0.05, 0) is 35.6 Å². The molecule has 0 amide bonds. The summed E-state index contributed by atoms with van der Waals surface area (Å²) in [6.07, 6.45) is 1.64. The summed E-state index contributed by atoms with van der Waals surface area (Å²) in [4.78, 5) is 9.02. The van der Waals surface area contributed by atoms with E-state index in [4.69, 9.17) is 9.15 Å². The van der Waals surface area contributed by atoms with Gasteiger partial charge in [-0.25, -0.2) is 9.97 Å². The molecular weight excluding hydrogens is 345 g/mol. The first-order chi connectivity index (χ1) is 8.67. The lowest BCUT2D eigenvalue weighted by Crippen LogP contribution is -2.06. The Kier molecular flexibility index (Phi) is 4.18.